The van der Waals surface area contributed by atoms with Crippen LogP contribution in [0.15, 0.2) is 16.6 Å². The van der Waals surface area contributed by atoms with Gasteiger partial charge in [-0.1, -0.05) is 15.9 Å². The first-order chi connectivity index (χ1) is 6.56. The standard InChI is InChI=1S/C9H8BrNO3/c1-6-4-7(10)5-9(11(13)14)8(6)2-3-12/h3-5H,2H2,1H3. The van der Waals surface area contributed by atoms with Crippen molar-refractivity contribution in [3.8, 4) is 0 Å². The van der Waals surface area contributed by atoms with Gasteiger partial charge < -0.3 is 4.79 Å². The van der Waals surface area contributed by atoms with Gasteiger partial charge in [-0.25, -0.2) is 0 Å². The molecular formula is C9H8BrNO3. The molecule has 14 heavy (non-hydrogen) atoms. The molecule has 0 N–H and O–H groups in total. The van der Waals surface area contributed by atoms with Crippen molar-refractivity contribution in [1.29, 1.82) is 0 Å². The van der Waals surface area contributed by atoms with E-state index in [4.69, 9.17) is 0 Å². The Bertz CT molecular complexity index is 390. The molecule has 0 aromatic heterocycles. The van der Waals surface area contributed by atoms with Crippen LogP contribution in [0.1, 0.15) is 11.1 Å². The van der Waals surface area contributed by atoms with Gasteiger partial charge in [0.25, 0.3) is 5.69 Å². The number of aldehydes is 1. The molecule has 1 aromatic carbocycles. The lowest BCUT2D eigenvalue weighted by Gasteiger charge is -2.03. The van der Waals surface area contributed by atoms with E-state index in [1.165, 1.54) is 6.07 Å². The van der Waals surface area contributed by atoms with Crippen molar-refractivity contribution >= 4 is 27.9 Å². The topological polar surface area (TPSA) is 60.2 Å². The maximum atomic E-state index is 10.7. The smallest absolute Gasteiger partial charge is 0.274 e. The first kappa shape index (κ1) is 10.8. The largest absolute Gasteiger partial charge is 0.303 e. The number of halogens is 1. The second-order valence-corrected chi connectivity index (χ2v) is 3.76. The Kier molecular flexibility index (Phi) is 3.35. The minimum absolute atomic E-state index is 0.0102. The molecule has 0 saturated heterocycles. The zero-order valence-corrected chi connectivity index (χ0v) is 9.08. The zero-order chi connectivity index (χ0) is 10.7. The fourth-order valence-electron chi connectivity index (χ4n) is 1.27. The summed E-state index contributed by atoms with van der Waals surface area (Å²) in [5.74, 6) is 0. The Labute approximate surface area is 89.2 Å². The average molecular weight is 258 g/mol. The highest BCUT2D eigenvalue weighted by Gasteiger charge is 2.16. The van der Waals surface area contributed by atoms with Crippen LogP contribution in [-0.2, 0) is 11.2 Å². The number of nitro groups is 1. The molecule has 0 unspecified atom stereocenters. The van der Waals surface area contributed by atoms with E-state index in [2.05, 4.69) is 15.9 Å². The summed E-state index contributed by atoms with van der Waals surface area (Å²) < 4.78 is 0.649. The molecule has 0 spiro atoms. The second kappa shape index (κ2) is 4.32. The zero-order valence-electron chi connectivity index (χ0n) is 7.49. The van der Waals surface area contributed by atoms with E-state index >= 15 is 0 Å². The average Bonchev–Trinajstić information content (AvgIpc) is 2.09. The summed E-state index contributed by atoms with van der Waals surface area (Å²) in [4.78, 5) is 20.5. The summed E-state index contributed by atoms with van der Waals surface area (Å²) in [6, 6.07) is 3.16. The maximum absolute atomic E-state index is 10.7. The lowest BCUT2D eigenvalue weighted by molar-refractivity contribution is -0.385. The number of rotatable bonds is 3. The fourth-order valence-corrected chi connectivity index (χ4v) is 1.83. The normalized spacial score (nSPS) is 9.86. The first-order valence-electron chi connectivity index (χ1n) is 3.93. The summed E-state index contributed by atoms with van der Waals surface area (Å²) >= 11 is 3.17. The monoisotopic (exact) mass is 257 g/mol. The van der Waals surface area contributed by atoms with Crippen LogP contribution in [0, 0.1) is 17.0 Å². The molecule has 0 atom stereocenters. The van der Waals surface area contributed by atoms with E-state index in [-0.39, 0.29) is 12.1 Å². The van der Waals surface area contributed by atoms with Gasteiger partial charge in [-0.15, -0.1) is 0 Å². The third-order valence-electron chi connectivity index (χ3n) is 1.90. The molecule has 0 aliphatic carbocycles. The van der Waals surface area contributed by atoms with Gasteiger partial charge in [-0.05, 0) is 18.6 Å². The van der Waals surface area contributed by atoms with Crippen molar-refractivity contribution in [2.75, 3.05) is 0 Å². The number of nitrogens with zero attached hydrogens (tertiary/aromatic N) is 1. The molecule has 4 nitrogen and oxygen atoms in total. The lowest BCUT2D eigenvalue weighted by Crippen LogP contribution is -1.99. The molecule has 1 rings (SSSR count). The Morgan fingerprint density at radius 1 is 1.57 bits per heavy atom. The Morgan fingerprint density at radius 3 is 2.71 bits per heavy atom. The van der Waals surface area contributed by atoms with Crippen LogP contribution in [0.3, 0.4) is 0 Å². The molecule has 0 bridgehead atoms. The van der Waals surface area contributed by atoms with Crippen molar-refractivity contribution in [2.24, 2.45) is 0 Å². The quantitative estimate of drug-likeness (QED) is 0.475. The maximum Gasteiger partial charge on any atom is 0.274 e. The third kappa shape index (κ3) is 2.17. The Hall–Kier alpha value is -1.23. The van der Waals surface area contributed by atoms with Crippen LogP contribution in [0.5, 0.6) is 0 Å². The van der Waals surface area contributed by atoms with E-state index in [9.17, 15) is 14.9 Å². The van der Waals surface area contributed by atoms with Gasteiger partial charge in [0, 0.05) is 22.5 Å². The van der Waals surface area contributed by atoms with Gasteiger partial charge in [-0.3, -0.25) is 10.1 Å². The number of carbonyl (C=O) groups excluding carboxylic acids is 1. The summed E-state index contributed by atoms with van der Waals surface area (Å²) in [5, 5.41) is 10.7. The predicted octanol–water partition coefficient (Wildman–Crippen LogP) is 2.41. The fraction of sp³-hybridized carbons (Fsp3) is 0.222. The Morgan fingerprint density at radius 2 is 2.21 bits per heavy atom. The van der Waals surface area contributed by atoms with Gasteiger partial charge in [0.2, 0.25) is 0 Å². The second-order valence-electron chi connectivity index (χ2n) is 2.85. The minimum Gasteiger partial charge on any atom is -0.303 e. The number of hydrogen-bond donors (Lipinski definition) is 0. The number of nitro benzene ring substituents is 1. The van der Waals surface area contributed by atoms with Crippen molar-refractivity contribution in [1.82, 2.24) is 0 Å². The van der Waals surface area contributed by atoms with Crippen LogP contribution < -0.4 is 0 Å². The number of hydrogen-bond acceptors (Lipinski definition) is 3. The molecule has 0 saturated carbocycles. The molecule has 5 heteroatoms. The van der Waals surface area contributed by atoms with E-state index in [0.717, 1.165) is 5.56 Å². The van der Waals surface area contributed by atoms with E-state index in [1.54, 1.807) is 13.0 Å². The van der Waals surface area contributed by atoms with Gasteiger partial charge in [0.05, 0.1) is 4.92 Å². The number of aryl methyl sites for hydroxylation is 1. The van der Waals surface area contributed by atoms with Gasteiger partial charge >= 0.3 is 0 Å². The van der Waals surface area contributed by atoms with Crippen molar-refractivity contribution in [3.63, 3.8) is 0 Å². The molecular weight excluding hydrogens is 250 g/mol. The third-order valence-corrected chi connectivity index (χ3v) is 2.36. The Balaban J connectivity index is 3.35. The molecule has 0 amide bonds. The lowest BCUT2D eigenvalue weighted by atomic mass is 10.0. The molecule has 0 aliphatic rings. The van der Waals surface area contributed by atoms with Crippen LogP contribution in [0.2, 0.25) is 0 Å². The van der Waals surface area contributed by atoms with Gasteiger partial charge in [-0.2, -0.15) is 0 Å². The molecule has 0 aliphatic heterocycles. The van der Waals surface area contributed by atoms with Crippen LogP contribution in [-0.4, -0.2) is 11.2 Å². The highest BCUT2D eigenvalue weighted by atomic mass is 79.9. The van der Waals surface area contributed by atoms with Gasteiger partial charge in [0.1, 0.15) is 6.29 Å². The van der Waals surface area contributed by atoms with E-state index in [1.807, 2.05) is 0 Å². The number of carbonyl (C=O) groups is 1. The molecule has 0 heterocycles. The van der Waals surface area contributed by atoms with Gasteiger partial charge in [0.15, 0.2) is 0 Å². The summed E-state index contributed by atoms with van der Waals surface area (Å²) in [5.41, 5.74) is 1.22. The minimum atomic E-state index is -0.476. The number of benzene rings is 1. The van der Waals surface area contributed by atoms with Crippen LogP contribution >= 0.6 is 15.9 Å². The summed E-state index contributed by atoms with van der Waals surface area (Å²) in [6.07, 6.45) is 0.749. The van der Waals surface area contributed by atoms with E-state index in [0.29, 0.717) is 16.3 Å². The summed E-state index contributed by atoms with van der Waals surface area (Å²) in [7, 11) is 0. The molecule has 74 valence electrons. The highest BCUT2D eigenvalue weighted by Crippen LogP contribution is 2.27. The van der Waals surface area contributed by atoms with Crippen LogP contribution in [0.25, 0.3) is 0 Å². The van der Waals surface area contributed by atoms with E-state index < -0.39 is 4.92 Å². The first-order valence-corrected chi connectivity index (χ1v) is 4.72. The molecule has 0 radical (unpaired) electrons. The summed E-state index contributed by atoms with van der Waals surface area (Å²) in [6.45, 7) is 1.75. The predicted molar refractivity (Wildman–Crippen MR) is 55.3 cm³/mol. The van der Waals surface area contributed by atoms with Crippen molar-refractivity contribution in [3.05, 3.63) is 37.8 Å². The van der Waals surface area contributed by atoms with Crippen molar-refractivity contribution < 1.29 is 9.72 Å². The highest BCUT2D eigenvalue weighted by molar-refractivity contribution is 9.10. The SMILES string of the molecule is Cc1cc(Br)cc([N+](=O)[O-])c1CC=O. The molecule has 0 fully saturated rings. The van der Waals surface area contributed by atoms with Crippen molar-refractivity contribution in [2.45, 2.75) is 13.3 Å². The van der Waals surface area contributed by atoms with Crippen LogP contribution in [0.4, 0.5) is 5.69 Å². The molecule has 1 aromatic rings.